The van der Waals surface area contributed by atoms with Crippen LogP contribution in [0.5, 0.6) is 0 Å². The summed E-state index contributed by atoms with van der Waals surface area (Å²) in [5.74, 6) is 0. The maximum Gasteiger partial charge on any atom is 0.324 e. The number of epoxide rings is 1. The number of rotatable bonds is 3. The van der Waals surface area contributed by atoms with Crippen LogP contribution in [0.25, 0.3) is 0 Å². The molecule has 2 aromatic rings. The topological polar surface area (TPSA) is 54.1 Å². The van der Waals surface area contributed by atoms with E-state index in [-0.39, 0.29) is 30.0 Å². The van der Waals surface area contributed by atoms with Gasteiger partial charge in [0.1, 0.15) is 6.10 Å². The van der Waals surface area contributed by atoms with Crippen molar-refractivity contribution < 1.29 is 14.3 Å². The third kappa shape index (κ3) is 3.13. The van der Waals surface area contributed by atoms with Crippen molar-refractivity contribution in [3.05, 3.63) is 66.2 Å². The fourth-order valence-electron chi connectivity index (χ4n) is 3.35. The first-order valence-corrected chi connectivity index (χ1v) is 8.55. The highest BCUT2D eigenvalue weighted by Crippen LogP contribution is 2.45. The molecule has 130 valence electrons. The van der Waals surface area contributed by atoms with Crippen LogP contribution in [0.2, 0.25) is 0 Å². The van der Waals surface area contributed by atoms with Crippen LogP contribution in [0.4, 0.5) is 10.5 Å². The standard InChI is InChI=1S/C20H22N2O3/c1-20(2)17(25-20)18-22(19(23)21-15-11-7-4-8-12-15)16(13-24-18)14-9-5-3-6-10-14/h3-12,16-18H,13H2,1-2H3,(H,21,23)/t16-,17+,18+/m1/s1. The lowest BCUT2D eigenvalue weighted by atomic mass is 10.1. The highest BCUT2D eigenvalue weighted by atomic mass is 16.6. The zero-order chi connectivity index (χ0) is 17.4. The molecule has 2 heterocycles. The molecule has 3 atom stereocenters. The molecule has 2 saturated heterocycles. The van der Waals surface area contributed by atoms with Gasteiger partial charge >= 0.3 is 6.03 Å². The van der Waals surface area contributed by atoms with Gasteiger partial charge in [-0.3, -0.25) is 4.90 Å². The van der Waals surface area contributed by atoms with E-state index in [9.17, 15) is 4.79 Å². The molecule has 2 aromatic carbocycles. The summed E-state index contributed by atoms with van der Waals surface area (Å²) in [4.78, 5) is 14.8. The summed E-state index contributed by atoms with van der Waals surface area (Å²) >= 11 is 0. The molecule has 2 amide bonds. The lowest BCUT2D eigenvalue weighted by Gasteiger charge is -2.28. The number of hydrogen-bond donors (Lipinski definition) is 1. The normalized spacial score (nSPS) is 27.1. The number of anilines is 1. The van der Waals surface area contributed by atoms with Crippen LogP contribution < -0.4 is 5.32 Å². The molecule has 2 fully saturated rings. The number of carbonyl (C=O) groups is 1. The Hall–Kier alpha value is -2.37. The average Bonchev–Trinajstić information content (AvgIpc) is 3.06. The van der Waals surface area contributed by atoms with E-state index in [4.69, 9.17) is 9.47 Å². The predicted molar refractivity (Wildman–Crippen MR) is 95.2 cm³/mol. The quantitative estimate of drug-likeness (QED) is 0.866. The summed E-state index contributed by atoms with van der Waals surface area (Å²) < 4.78 is 11.7. The van der Waals surface area contributed by atoms with Gasteiger partial charge < -0.3 is 14.8 Å². The van der Waals surface area contributed by atoms with Crippen molar-refractivity contribution in [1.29, 1.82) is 0 Å². The largest absolute Gasteiger partial charge is 0.362 e. The number of nitrogens with zero attached hydrogens (tertiary/aromatic N) is 1. The fraction of sp³-hybridized carbons (Fsp3) is 0.350. The maximum absolute atomic E-state index is 13.0. The summed E-state index contributed by atoms with van der Waals surface area (Å²) in [5.41, 5.74) is 1.56. The number of carbonyl (C=O) groups excluding carboxylic acids is 1. The Bertz CT molecular complexity index is 748. The molecule has 0 aromatic heterocycles. The molecule has 0 saturated carbocycles. The molecule has 1 N–H and O–H groups in total. The van der Waals surface area contributed by atoms with E-state index in [0.717, 1.165) is 11.3 Å². The van der Waals surface area contributed by atoms with E-state index < -0.39 is 0 Å². The van der Waals surface area contributed by atoms with E-state index in [1.165, 1.54) is 0 Å². The molecule has 2 aliphatic heterocycles. The number of ether oxygens (including phenoxy) is 2. The van der Waals surface area contributed by atoms with Crippen LogP contribution in [0.15, 0.2) is 60.7 Å². The third-order valence-electron chi connectivity index (χ3n) is 4.80. The first-order chi connectivity index (χ1) is 12.1. The van der Waals surface area contributed by atoms with Crippen LogP contribution in [-0.4, -0.2) is 35.5 Å². The summed E-state index contributed by atoms with van der Waals surface area (Å²) in [6.45, 7) is 4.50. The van der Waals surface area contributed by atoms with E-state index in [1.807, 2.05) is 74.5 Å². The van der Waals surface area contributed by atoms with E-state index in [2.05, 4.69) is 5.32 Å². The SMILES string of the molecule is CC1(C)O[C@H]1[C@@H]1OC[C@H](c2ccccc2)N1C(=O)Nc1ccccc1. The molecule has 5 nitrogen and oxygen atoms in total. The van der Waals surface area contributed by atoms with Crippen LogP contribution in [0.1, 0.15) is 25.5 Å². The molecule has 0 bridgehead atoms. The minimum Gasteiger partial charge on any atom is -0.362 e. The van der Waals surface area contributed by atoms with Gasteiger partial charge in [0.15, 0.2) is 6.23 Å². The van der Waals surface area contributed by atoms with Crippen molar-refractivity contribution in [2.75, 3.05) is 11.9 Å². The van der Waals surface area contributed by atoms with Gasteiger partial charge in [-0.15, -0.1) is 0 Å². The molecule has 2 aliphatic rings. The summed E-state index contributed by atoms with van der Waals surface area (Å²) in [6.07, 6.45) is -0.494. The maximum atomic E-state index is 13.0. The molecule has 4 rings (SSSR count). The van der Waals surface area contributed by atoms with Crippen LogP contribution in [0.3, 0.4) is 0 Å². The number of amides is 2. The van der Waals surface area contributed by atoms with Crippen LogP contribution in [0, 0.1) is 0 Å². The molecular formula is C20H22N2O3. The Morgan fingerprint density at radius 3 is 2.28 bits per heavy atom. The lowest BCUT2D eigenvalue weighted by Crippen LogP contribution is -2.44. The molecule has 0 aliphatic carbocycles. The van der Waals surface area contributed by atoms with Crippen molar-refractivity contribution >= 4 is 11.7 Å². The minimum atomic E-state index is -0.385. The van der Waals surface area contributed by atoms with E-state index >= 15 is 0 Å². The van der Waals surface area contributed by atoms with Gasteiger partial charge in [0.2, 0.25) is 0 Å². The Kier molecular flexibility index (Phi) is 3.98. The highest BCUT2D eigenvalue weighted by molar-refractivity contribution is 5.90. The lowest BCUT2D eigenvalue weighted by molar-refractivity contribution is 0.0287. The van der Waals surface area contributed by atoms with E-state index in [1.54, 1.807) is 4.90 Å². The molecule has 0 spiro atoms. The van der Waals surface area contributed by atoms with Gasteiger partial charge in [-0.2, -0.15) is 0 Å². The number of para-hydroxylation sites is 1. The van der Waals surface area contributed by atoms with Gasteiger partial charge in [-0.1, -0.05) is 48.5 Å². The smallest absolute Gasteiger partial charge is 0.324 e. The molecular weight excluding hydrogens is 316 g/mol. The molecule has 0 unspecified atom stereocenters. The van der Waals surface area contributed by atoms with Crippen molar-refractivity contribution in [3.63, 3.8) is 0 Å². The number of benzene rings is 2. The first-order valence-electron chi connectivity index (χ1n) is 8.55. The predicted octanol–water partition coefficient (Wildman–Crippen LogP) is 3.80. The van der Waals surface area contributed by atoms with Crippen molar-refractivity contribution in [1.82, 2.24) is 4.90 Å². The number of nitrogens with one attached hydrogen (secondary N) is 1. The van der Waals surface area contributed by atoms with Gasteiger partial charge in [0.25, 0.3) is 0 Å². The monoisotopic (exact) mass is 338 g/mol. The van der Waals surface area contributed by atoms with Gasteiger partial charge in [0, 0.05) is 5.69 Å². The Labute approximate surface area is 147 Å². The zero-order valence-corrected chi connectivity index (χ0v) is 14.4. The molecule has 0 radical (unpaired) electrons. The number of hydrogen-bond acceptors (Lipinski definition) is 3. The van der Waals surface area contributed by atoms with Gasteiger partial charge in [-0.05, 0) is 31.5 Å². The minimum absolute atomic E-state index is 0.109. The second kappa shape index (κ2) is 6.17. The third-order valence-corrected chi connectivity index (χ3v) is 4.80. The van der Waals surface area contributed by atoms with E-state index in [0.29, 0.717) is 6.61 Å². The summed E-state index contributed by atoms with van der Waals surface area (Å²) in [7, 11) is 0. The summed E-state index contributed by atoms with van der Waals surface area (Å²) in [5, 5.41) is 2.98. The summed E-state index contributed by atoms with van der Waals surface area (Å²) in [6, 6.07) is 19.1. The first kappa shape index (κ1) is 16.1. The van der Waals surface area contributed by atoms with Gasteiger partial charge in [0.05, 0.1) is 18.2 Å². The zero-order valence-electron chi connectivity index (χ0n) is 14.4. The second-order valence-corrected chi connectivity index (χ2v) is 7.00. The highest BCUT2D eigenvalue weighted by Gasteiger charge is 2.59. The van der Waals surface area contributed by atoms with Crippen molar-refractivity contribution in [2.24, 2.45) is 0 Å². The van der Waals surface area contributed by atoms with Crippen LogP contribution in [-0.2, 0) is 9.47 Å². The van der Waals surface area contributed by atoms with Crippen LogP contribution >= 0.6 is 0 Å². The Morgan fingerprint density at radius 1 is 1.08 bits per heavy atom. The van der Waals surface area contributed by atoms with Crippen molar-refractivity contribution in [3.8, 4) is 0 Å². The molecule has 5 heteroatoms. The van der Waals surface area contributed by atoms with Crippen molar-refractivity contribution in [2.45, 2.75) is 37.8 Å². The number of urea groups is 1. The average molecular weight is 338 g/mol. The molecule has 25 heavy (non-hydrogen) atoms. The Balaban J connectivity index is 1.61. The fourth-order valence-corrected chi connectivity index (χ4v) is 3.35. The second-order valence-electron chi connectivity index (χ2n) is 7.00. The van der Waals surface area contributed by atoms with Gasteiger partial charge in [-0.25, -0.2) is 4.79 Å². The Morgan fingerprint density at radius 2 is 1.68 bits per heavy atom.